The minimum absolute atomic E-state index is 0.0680. The third-order valence-electron chi connectivity index (χ3n) is 4.84. The SMILES string of the molecule is CC[C@@H](C)c1ccccc1NC(=O)[C@H](C)Sc1n[nH]c(-c2ccc(OC)cc2)n1. The summed E-state index contributed by atoms with van der Waals surface area (Å²) in [5.74, 6) is 1.76. The fraction of sp³-hybridized carbons (Fsp3) is 0.318. The van der Waals surface area contributed by atoms with Gasteiger partial charge < -0.3 is 10.1 Å². The molecule has 29 heavy (non-hydrogen) atoms. The van der Waals surface area contributed by atoms with E-state index in [0.717, 1.165) is 29.0 Å². The molecule has 3 rings (SSSR count). The van der Waals surface area contributed by atoms with Gasteiger partial charge in [-0.1, -0.05) is 43.8 Å². The molecule has 0 saturated carbocycles. The first-order valence-electron chi connectivity index (χ1n) is 9.65. The highest BCUT2D eigenvalue weighted by atomic mass is 32.2. The van der Waals surface area contributed by atoms with Gasteiger partial charge in [-0.3, -0.25) is 9.89 Å². The minimum Gasteiger partial charge on any atom is -0.497 e. The van der Waals surface area contributed by atoms with Crippen LogP contribution in [0.1, 0.15) is 38.7 Å². The van der Waals surface area contributed by atoms with Crippen LogP contribution in [-0.4, -0.2) is 33.4 Å². The molecule has 0 saturated heterocycles. The van der Waals surface area contributed by atoms with Gasteiger partial charge in [0.25, 0.3) is 0 Å². The summed E-state index contributed by atoms with van der Waals surface area (Å²) in [6, 6.07) is 15.5. The normalized spacial score (nSPS) is 13.0. The molecule has 2 N–H and O–H groups in total. The topological polar surface area (TPSA) is 79.9 Å². The number of nitrogens with one attached hydrogen (secondary N) is 2. The van der Waals surface area contributed by atoms with E-state index in [1.165, 1.54) is 11.8 Å². The summed E-state index contributed by atoms with van der Waals surface area (Å²) in [4.78, 5) is 17.2. The van der Waals surface area contributed by atoms with Gasteiger partial charge in [-0.25, -0.2) is 4.98 Å². The summed E-state index contributed by atoms with van der Waals surface area (Å²) in [7, 11) is 1.63. The van der Waals surface area contributed by atoms with Gasteiger partial charge in [0.2, 0.25) is 11.1 Å². The molecule has 0 spiro atoms. The average Bonchev–Trinajstić information content (AvgIpc) is 3.22. The summed E-state index contributed by atoms with van der Waals surface area (Å²) in [5.41, 5.74) is 2.93. The van der Waals surface area contributed by atoms with Crippen LogP contribution in [0.2, 0.25) is 0 Å². The lowest BCUT2D eigenvalue weighted by Gasteiger charge is -2.17. The molecule has 0 bridgehead atoms. The smallest absolute Gasteiger partial charge is 0.237 e. The number of methoxy groups -OCH3 is 1. The third-order valence-corrected chi connectivity index (χ3v) is 5.80. The van der Waals surface area contributed by atoms with Gasteiger partial charge in [-0.15, -0.1) is 5.10 Å². The van der Waals surface area contributed by atoms with Crippen LogP contribution >= 0.6 is 11.8 Å². The molecule has 0 unspecified atom stereocenters. The number of aromatic amines is 1. The van der Waals surface area contributed by atoms with Crippen molar-refractivity contribution < 1.29 is 9.53 Å². The highest BCUT2D eigenvalue weighted by molar-refractivity contribution is 8.00. The van der Waals surface area contributed by atoms with Crippen LogP contribution in [0.3, 0.4) is 0 Å². The Kier molecular flexibility index (Phi) is 6.93. The molecule has 0 aliphatic heterocycles. The first-order valence-corrected chi connectivity index (χ1v) is 10.5. The molecule has 0 aliphatic carbocycles. The molecular formula is C22H26N4O2S. The number of hydrogen-bond acceptors (Lipinski definition) is 5. The first-order chi connectivity index (χ1) is 14.0. The molecule has 2 aromatic carbocycles. The fourth-order valence-electron chi connectivity index (χ4n) is 2.88. The van der Waals surface area contributed by atoms with E-state index < -0.39 is 0 Å². The second-order valence-corrected chi connectivity index (χ2v) is 8.15. The van der Waals surface area contributed by atoms with Crippen molar-refractivity contribution >= 4 is 23.4 Å². The Morgan fingerprint density at radius 2 is 1.90 bits per heavy atom. The predicted molar refractivity (Wildman–Crippen MR) is 117 cm³/mol. The Bertz CT molecular complexity index is 955. The zero-order valence-corrected chi connectivity index (χ0v) is 17.9. The van der Waals surface area contributed by atoms with E-state index in [4.69, 9.17) is 4.74 Å². The quantitative estimate of drug-likeness (QED) is 0.504. The number of anilines is 1. The third kappa shape index (κ3) is 5.17. The van der Waals surface area contributed by atoms with Crippen molar-refractivity contribution in [2.75, 3.05) is 12.4 Å². The highest BCUT2D eigenvalue weighted by Crippen LogP contribution is 2.28. The van der Waals surface area contributed by atoms with Gasteiger partial charge in [-0.2, -0.15) is 0 Å². The molecule has 0 fully saturated rings. The van der Waals surface area contributed by atoms with Gasteiger partial charge in [0.15, 0.2) is 5.82 Å². The standard InChI is InChI=1S/C22H26N4O2S/c1-5-14(2)18-8-6-7-9-19(18)23-21(27)15(3)29-22-24-20(25-26-22)16-10-12-17(28-4)13-11-16/h6-15H,5H2,1-4H3,(H,23,27)(H,24,25,26)/t14-,15+/m1/s1. The van der Waals surface area contributed by atoms with Gasteiger partial charge in [-0.05, 0) is 55.2 Å². The van der Waals surface area contributed by atoms with Crippen LogP contribution in [0, 0.1) is 0 Å². The number of thioether (sulfide) groups is 1. The molecule has 1 heterocycles. The summed E-state index contributed by atoms with van der Waals surface area (Å²) in [6.45, 7) is 6.16. The maximum absolute atomic E-state index is 12.7. The Balaban J connectivity index is 1.65. The van der Waals surface area contributed by atoms with Crippen molar-refractivity contribution in [1.82, 2.24) is 15.2 Å². The number of para-hydroxylation sites is 1. The van der Waals surface area contributed by atoms with Crippen molar-refractivity contribution in [1.29, 1.82) is 0 Å². The number of carbonyl (C=O) groups excluding carboxylic acids is 1. The summed E-state index contributed by atoms with van der Waals surface area (Å²) >= 11 is 1.32. The molecule has 0 aliphatic rings. The second kappa shape index (κ2) is 9.60. The zero-order chi connectivity index (χ0) is 20.8. The van der Waals surface area contributed by atoms with Gasteiger partial charge in [0, 0.05) is 11.3 Å². The number of nitrogens with zero attached hydrogens (tertiary/aromatic N) is 2. The van der Waals surface area contributed by atoms with Gasteiger partial charge >= 0.3 is 0 Å². The number of benzene rings is 2. The maximum atomic E-state index is 12.7. The molecule has 2 atom stereocenters. The molecule has 7 heteroatoms. The molecule has 0 radical (unpaired) electrons. The van der Waals surface area contributed by atoms with E-state index >= 15 is 0 Å². The molecule has 3 aromatic rings. The average molecular weight is 411 g/mol. The van der Waals surface area contributed by atoms with E-state index in [1.807, 2.05) is 49.4 Å². The minimum atomic E-state index is -0.334. The molecule has 152 valence electrons. The van der Waals surface area contributed by atoms with Gasteiger partial charge in [0.1, 0.15) is 5.75 Å². The zero-order valence-electron chi connectivity index (χ0n) is 17.1. The van der Waals surface area contributed by atoms with Crippen LogP contribution in [0.25, 0.3) is 11.4 Å². The maximum Gasteiger partial charge on any atom is 0.237 e. The number of rotatable bonds is 8. The van der Waals surface area contributed by atoms with Crippen molar-refractivity contribution in [3.8, 4) is 17.1 Å². The van der Waals surface area contributed by atoms with Crippen LogP contribution < -0.4 is 10.1 Å². The van der Waals surface area contributed by atoms with Crippen molar-refractivity contribution in [3.05, 3.63) is 54.1 Å². The number of carbonyl (C=O) groups is 1. The summed E-state index contributed by atoms with van der Waals surface area (Å²) in [5, 5.41) is 10.4. The lowest BCUT2D eigenvalue weighted by molar-refractivity contribution is -0.115. The Morgan fingerprint density at radius 3 is 2.59 bits per heavy atom. The van der Waals surface area contributed by atoms with Crippen LogP contribution in [0.15, 0.2) is 53.7 Å². The summed E-state index contributed by atoms with van der Waals surface area (Å²) in [6.07, 6.45) is 1.02. The highest BCUT2D eigenvalue weighted by Gasteiger charge is 2.19. The van der Waals surface area contributed by atoms with Crippen LogP contribution in [0.4, 0.5) is 5.69 Å². The lowest BCUT2D eigenvalue weighted by Crippen LogP contribution is -2.23. The van der Waals surface area contributed by atoms with E-state index in [2.05, 4.69) is 40.4 Å². The summed E-state index contributed by atoms with van der Waals surface area (Å²) < 4.78 is 5.17. The second-order valence-electron chi connectivity index (χ2n) is 6.84. The van der Waals surface area contributed by atoms with Crippen molar-refractivity contribution in [2.45, 2.75) is 43.5 Å². The lowest BCUT2D eigenvalue weighted by atomic mass is 9.97. The van der Waals surface area contributed by atoms with E-state index in [-0.39, 0.29) is 11.2 Å². The monoisotopic (exact) mass is 410 g/mol. The van der Waals surface area contributed by atoms with Crippen LogP contribution in [-0.2, 0) is 4.79 Å². The largest absolute Gasteiger partial charge is 0.497 e. The van der Waals surface area contributed by atoms with Gasteiger partial charge in [0.05, 0.1) is 12.4 Å². The first kappa shape index (κ1) is 20.9. The Hall–Kier alpha value is -2.80. The number of H-pyrrole nitrogens is 1. The number of aromatic nitrogens is 3. The molecular weight excluding hydrogens is 384 g/mol. The Morgan fingerprint density at radius 1 is 1.17 bits per heavy atom. The van der Waals surface area contributed by atoms with E-state index in [1.54, 1.807) is 7.11 Å². The van der Waals surface area contributed by atoms with E-state index in [0.29, 0.717) is 16.9 Å². The molecule has 6 nitrogen and oxygen atoms in total. The number of ether oxygens (including phenoxy) is 1. The number of hydrogen-bond donors (Lipinski definition) is 2. The van der Waals surface area contributed by atoms with Crippen LogP contribution in [0.5, 0.6) is 5.75 Å². The van der Waals surface area contributed by atoms with E-state index in [9.17, 15) is 4.79 Å². The fourth-order valence-corrected chi connectivity index (χ4v) is 3.61. The van der Waals surface area contributed by atoms with Crippen molar-refractivity contribution in [2.24, 2.45) is 0 Å². The number of amides is 1. The molecule has 1 amide bonds. The molecule has 1 aromatic heterocycles. The van der Waals surface area contributed by atoms with Crippen molar-refractivity contribution in [3.63, 3.8) is 0 Å². The predicted octanol–water partition coefficient (Wildman–Crippen LogP) is 5.11. The Labute approximate surface area is 175 Å².